The third-order valence-electron chi connectivity index (χ3n) is 4.17. The van der Waals surface area contributed by atoms with Crippen LogP contribution in [-0.4, -0.2) is 17.5 Å². The van der Waals surface area contributed by atoms with E-state index in [9.17, 15) is 4.79 Å². The van der Waals surface area contributed by atoms with Gasteiger partial charge < -0.3 is 19.5 Å². The fraction of sp³-hybridized carbons (Fsp3) is 0.0500. The summed E-state index contributed by atoms with van der Waals surface area (Å²) in [5.41, 5.74) is 8.44. The van der Waals surface area contributed by atoms with Crippen LogP contribution in [0.5, 0.6) is 5.75 Å². The van der Waals surface area contributed by atoms with Gasteiger partial charge in [0.2, 0.25) is 5.78 Å². The van der Waals surface area contributed by atoms with Gasteiger partial charge >= 0.3 is 0 Å². The van der Waals surface area contributed by atoms with Crippen LogP contribution in [0.2, 0.25) is 0 Å². The Morgan fingerprint density at radius 2 is 1.84 bits per heavy atom. The summed E-state index contributed by atoms with van der Waals surface area (Å²) in [6.45, 7) is 0. The predicted molar refractivity (Wildman–Crippen MR) is 96.4 cm³/mol. The average molecular weight is 332 g/mol. The third-order valence-corrected chi connectivity index (χ3v) is 4.17. The van der Waals surface area contributed by atoms with Crippen molar-refractivity contribution in [3.63, 3.8) is 0 Å². The molecule has 0 saturated heterocycles. The van der Waals surface area contributed by atoms with Gasteiger partial charge in [0.1, 0.15) is 11.3 Å². The van der Waals surface area contributed by atoms with Gasteiger partial charge in [-0.25, -0.2) is 0 Å². The van der Waals surface area contributed by atoms with Crippen molar-refractivity contribution in [2.24, 2.45) is 0 Å². The van der Waals surface area contributed by atoms with Crippen molar-refractivity contribution >= 4 is 22.4 Å². The van der Waals surface area contributed by atoms with Crippen molar-refractivity contribution in [3.8, 4) is 11.4 Å². The van der Waals surface area contributed by atoms with E-state index in [4.69, 9.17) is 14.9 Å². The molecule has 2 N–H and O–H groups in total. The van der Waals surface area contributed by atoms with E-state index in [1.165, 1.54) is 7.11 Å². The number of methoxy groups -OCH3 is 1. The highest BCUT2D eigenvalue weighted by molar-refractivity contribution is 6.15. The zero-order valence-electron chi connectivity index (χ0n) is 13.6. The second kappa shape index (κ2) is 5.87. The van der Waals surface area contributed by atoms with E-state index in [1.54, 1.807) is 24.3 Å². The normalized spacial score (nSPS) is 10.9. The summed E-state index contributed by atoms with van der Waals surface area (Å²) in [6, 6.07) is 16.6. The van der Waals surface area contributed by atoms with Gasteiger partial charge in [-0.3, -0.25) is 4.79 Å². The molecule has 0 radical (unpaired) electrons. The fourth-order valence-electron chi connectivity index (χ4n) is 2.90. The number of para-hydroxylation sites is 1. The number of carbonyl (C=O) groups is 1. The molecule has 2 aromatic carbocycles. The molecule has 0 aliphatic rings. The maximum atomic E-state index is 12.9. The van der Waals surface area contributed by atoms with E-state index < -0.39 is 0 Å². The smallest absolute Gasteiger partial charge is 0.234 e. The van der Waals surface area contributed by atoms with Crippen molar-refractivity contribution < 1.29 is 13.9 Å². The van der Waals surface area contributed by atoms with Gasteiger partial charge in [0.05, 0.1) is 18.4 Å². The summed E-state index contributed by atoms with van der Waals surface area (Å²) >= 11 is 0. The lowest BCUT2D eigenvalue weighted by molar-refractivity contribution is 0.101. The summed E-state index contributed by atoms with van der Waals surface area (Å²) in [4.78, 5) is 12.9. The molecule has 4 aromatic rings. The SMILES string of the molecule is COc1ccccc1C(=O)c1oc2cc(-n3cccc3)ccc2c1N. The first-order chi connectivity index (χ1) is 12.2. The Hall–Kier alpha value is -3.47. The molecule has 0 saturated carbocycles. The number of nitrogens with two attached hydrogens (primary N) is 1. The minimum atomic E-state index is -0.298. The predicted octanol–water partition coefficient (Wildman–Crippen LogP) is 4.05. The third kappa shape index (κ3) is 2.46. The summed E-state index contributed by atoms with van der Waals surface area (Å²) in [5, 5.41) is 0.717. The number of anilines is 1. The molecule has 25 heavy (non-hydrogen) atoms. The van der Waals surface area contributed by atoms with Crippen molar-refractivity contribution in [1.29, 1.82) is 0 Å². The van der Waals surface area contributed by atoms with Crippen molar-refractivity contribution in [1.82, 2.24) is 4.57 Å². The second-order valence-electron chi connectivity index (χ2n) is 5.65. The largest absolute Gasteiger partial charge is 0.496 e. The quantitative estimate of drug-likeness (QED) is 0.572. The summed E-state index contributed by atoms with van der Waals surface area (Å²) in [6.07, 6.45) is 3.88. The van der Waals surface area contributed by atoms with Gasteiger partial charge in [-0.1, -0.05) is 12.1 Å². The number of carbonyl (C=O) groups excluding carboxylic acids is 1. The number of hydrogen-bond acceptors (Lipinski definition) is 4. The Morgan fingerprint density at radius 3 is 2.60 bits per heavy atom. The molecule has 4 rings (SSSR count). The molecule has 2 aromatic heterocycles. The van der Waals surface area contributed by atoms with Crippen LogP contribution >= 0.6 is 0 Å². The van der Waals surface area contributed by atoms with Crippen LogP contribution in [0.4, 0.5) is 5.69 Å². The molecule has 5 nitrogen and oxygen atoms in total. The molecule has 0 aliphatic carbocycles. The monoisotopic (exact) mass is 332 g/mol. The van der Waals surface area contributed by atoms with Crippen LogP contribution < -0.4 is 10.5 Å². The Bertz CT molecular complexity index is 1060. The highest BCUT2D eigenvalue weighted by atomic mass is 16.5. The van der Waals surface area contributed by atoms with Crippen LogP contribution in [0.25, 0.3) is 16.7 Å². The average Bonchev–Trinajstić information content (AvgIpc) is 3.29. The molecule has 0 aliphatic heterocycles. The fourth-order valence-corrected chi connectivity index (χ4v) is 2.90. The van der Waals surface area contributed by atoms with Crippen LogP contribution in [0.15, 0.2) is 71.4 Å². The molecule has 5 heteroatoms. The van der Waals surface area contributed by atoms with Crippen molar-refractivity contribution in [2.75, 3.05) is 12.8 Å². The van der Waals surface area contributed by atoms with Gasteiger partial charge in [0.15, 0.2) is 5.76 Å². The lowest BCUT2D eigenvalue weighted by Gasteiger charge is -2.05. The number of hydrogen-bond donors (Lipinski definition) is 1. The number of nitrogens with zero attached hydrogens (tertiary/aromatic N) is 1. The van der Waals surface area contributed by atoms with Crippen LogP contribution in [-0.2, 0) is 0 Å². The molecular formula is C20H16N2O3. The van der Waals surface area contributed by atoms with Gasteiger partial charge in [-0.2, -0.15) is 0 Å². The molecule has 0 bridgehead atoms. The van der Waals surface area contributed by atoms with Crippen molar-refractivity contribution in [3.05, 3.63) is 78.3 Å². The van der Waals surface area contributed by atoms with E-state index in [0.717, 1.165) is 5.69 Å². The molecule has 2 heterocycles. The Kier molecular flexibility index (Phi) is 3.54. The molecule has 124 valence electrons. The number of furan rings is 1. The lowest BCUT2D eigenvalue weighted by atomic mass is 10.1. The summed E-state index contributed by atoms with van der Waals surface area (Å²) in [5.74, 6) is 0.318. The minimum Gasteiger partial charge on any atom is -0.496 e. The highest BCUT2D eigenvalue weighted by Gasteiger charge is 2.22. The van der Waals surface area contributed by atoms with Crippen molar-refractivity contribution in [2.45, 2.75) is 0 Å². The Balaban J connectivity index is 1.82. The first kappa shape index (κ1) is 15.1. The topological polar surface area (TPSA) is 70.4 Å². The number of fused-ring (bicyclic) bond motifs is 1. The van der Waals surface area contributed by atoms with Gasteiger partial charge in [0.25, 0.3) is 0 Å². The first-order valence-corrected chi connectivity index (χ1v) is 7.82. The molecule has 0 spiro atoms. The molecule has 0 amide bonds. The first-order valence-electron chi connectivity index (χ1n) is 7.82. The highest BCUT2D eigenvalue weighted by Crippen LogP contribution is 2.33. The number of nitrogen functional groups attached to an aromatic ring is 1. The molecule has 0 fully saturated rings. The zero-order chi connectivity index (χ0) is 17.4. The lowest BCUT2D eigenvalue weighted by Crippen LogP contribution is -2.05. The van der Waals surface area contributed by atoms with Gasteiger partial charge in [0, 0.05) is 29.5 Å². The maximum Gasteiger partial charge on any atom is 0.234 e. The number of ether oxygens (including phenoxy) is 1. The zero-order valence-corrected chi connectivity index (χ0v) is 13.6. The minimum absolute atomic E-state index is 0.129. The van der Waals surface area contributed by atoms with Crippen LogP contribution in [0, 0.1) is 0 Å². The molecule has 0 unspecified atom stereocenters. The van der Waals surface area contributed by atoms with Gasteiger partial charge in [-0.15, -0.1) is 0 Å². The second-order valence-corrected chi connectivity index (χ2v) is 5.65. The molecular weight excluding hydrogens is 316 g/mol. The van der Waals surface area contributed by atoms with E-state index in [2.05, 4.69) is 0 Å². The Morgan fingerprint density at radius 1 is 1.08 bits per heavy atom. The summed E-state index contributed by atoms with van der Waals surface area (Å²) < 4.78 is 13.0. The maximum absolute atomic E-state index is 12.9. The number of aromatic nitrogens is 1. The van der Waals surface area contributed by atoms with Crippen LogP contribution in [0.1, 0.15) is 16.1 Å². The van der Waals surface area contributed by atoms with Gasteiger partial charge in [-0.05, 0) is 36.4 Å². The summed E-state index contributed by atoms with van der Waals surface area (Å²) in [7, 11) is 1.53. The van der Waals surface area contributed by atoms with E-state index in [1.807, 2.05) is 47.3 Å². The molecule has 0 atom stereocenters. The van der Waals surface area contributed by atoms with Crippen LogP contribution in [0.3, 0.4) is 0 Å². The number of benzene rings is 2. The van der Waals surface area contributed by atoms with E-state index >= 15 is 0 Å². The Labute approximate surface area is 144 Å². The number of rotatable bonds is 4. The number of ketones is 1. The van der Waals surface area contributed by atoms with E-state index in [0.29, 0.717) is 28.0 Å². The standard InChI is InChI=1S/C20H16N2O3/c1-24-16-7-3-2-6-15(16)19(23)20-18(21)14-9-8-13(12-17(14)25-20)22-10-4-5-11-22/h2-12H,21H2,1H3. The van der Waals surface area contributed by atoms with E-state index in [-0.39, 0.29) is 11.5 Å².